The average Bonchev–Trinajstić information content (AvgIpc) is 2.03. The van der Waals surface area contributed by atoms with Gasteiger partial charge in [0.1, 0.15) is 0 Å². The molecule has 3 heteroatoms. The molecule has 1 aliphatic rings. The summed E-state index contributed by atoms with van der Waals surface area (Å²) in [4.78, 5) is 4.97. The SMILES string of the molecule is CCN1CCN(C(C)(C)S)CC1. The molecule has 0 aromatic rings. The number of hydrogen-bond acceptors (Lipinski definition) is 3. The fourth-order valence-electron chi connectivity index (χ4n) is 1.61. The highest BCUT2D eigenvalue weighted by Crippen LogP contribution is 2.19. The van der Waals surface area contributed by atoms with E-state index in [0.29, 0.717) is 0 Å². The van der Waals surface area contributed by atoms with Gasteiger partial charge in [-0.15, -0.1) is 0 Å². The van der Waals surface area contributed by atoms with Gasteiger partial charge in [-0.3, -0.25) is 4.90 Å². The van der Waals surface area contributed by atoms with Gasteiger partial charge < -0.3 is 4.90 Å². The van der Waals surface area contributed by atoms with E-state index in [-0.39, 0.29) is 4.87 Å². The van der Waals surface area contributed by atoms with Crippen molar-refractivity contribution in [3.63, 3.8) is 0 Å². The Bertz CT molecular complexity index is 134. The van der Waals surface area contributed by atoms with Gasteiger partial charge in [0.25, 0.3) is 0 Å². The summed E-state index contributed by atoms with van der Waals surface area (Å²) in [7, 11) is 0. The zero-order chi connectivity index (χ0) is 9.19. The summed E-state index contributed by atoms with van der Waals surface area (Å²) < 4.78 is 0. The Hall–Kier alpha value is 0.270. The Morgan fingerprint density at radius 3 is 2.00 bits per heavy atom. The van der Waals surface area contributed by atoms with E-state index in [1.807, 2.05) is 0 Å². The lowest BCUT2D eigenvalue weighted by atomic mass is 10.2. The number of thiol groups is 1. The summed E-state index contributed by atoms with van der Waals surface area (Å²) in [6.45, 7) is 12.4. The Morgan fingerprint density at radius 2 is 1.67 bits per heavy atom. The van der Waals surface area contributed by atoms with E-state index in [0.717, 1.165) is 13.1 Å². The van der Waals surface area contributed by atoms with E-state index < -0.39 is 0 Å². The molecule has 0 N–H and O–H groups in total. The smallest absolute Gasteiger partial charge is 0.0584 e. The summed E-state index contributed by atoms with van der Waals surface area (Å²) >= 11 is 4.56. The lowest BCUT2D eigenvalue weighted by molar-refractivity contribution is 0.0996. The summed E-state index contributed by atoms with van der Waals surface area (Å²) in [5.41, 5.74) is 0. The fraction of sp³-hybridized carbons (Fsp3) is 1.00. The standard InChI is InChI=1S/C9H20N2S/c1-4-10-5-7-11(8-6-10)9(2,3)12/h12H,4-8H2,1-3H3. The van der Waals surface area contributed by atoms with Gasteiger partial charge in [0.05, 0.1) is 4.87 Å². The Kier molecular flexibility index (Phi) is 3.44. The molecule has 1 aliphatic heterocycles. The number of nitrogens with zero attached hydrogens (tertiary/aromatic N) is 2. The van der Waals surface area contributed by atoms with Crippen LogP contribution in [0.25, 0.3) is 0 Å². The van der Waals surface area contributed by atoms with Crippen molar-refractivity contribution in [1.29, 1.82) is 0 Å². The third kappa shape index (κ3) is 2.64. The second-order valence-corrected chi connectivity index (χ2v) is 5.01. The Labute approximate surface area is 81.3 Å². The highest BCUT2D eigenvalue weighted by molar-refractivity contribution is 7.81. The molecule has 0 aromatic heterocycles. The van der Waals surface area contributed by atoms with Crippen LogP contribution in [0.1, 0.15) is 20.8 Å². The van der Waals surface area contributed by atoms with Gasteiger partial charge >= 0.3 is 0 Å². The molecule has 0 saturated carbocycles. The minimum atomic E-state index is 0.0554. The molecule has 0 aromatic carbocycles. The van der Waals surface area contributed by atoms with Gasteiger partial charge in [-0.2, -0.15) is 12.6 Å². The van der Waals surface area contributed by atoms with Crippen molar-refractivity contribution in [3.8, 4) is 0 Å². The second kappa shape index (κ2) is 3.99. The van der Waals surface area contributed by atoms with E-state index >= 15 is 0 Å². The Balaban J connectivity index is 2.36. The topological polar surface area (TPSA) is 6.48 Å². The molecule has 1 heterocycles. The molecule has 0 amide bonds. The van der Waals surface area contributed by atoms with Gasteiger partial charge in [-0.1, -0.05) is 6.92 Å². The number of likely N-dealkylation sites (N-methyl/N-ethyl adjacent to an activating group) is 1. The van der Waals surface area contributed by atoms with Crippen molar-refractivity contribution in [2.75, 3.05) is 32.7 Å². The zero-order valence-corrected chi connectivity index (χ0v) is 9.27. The molecule has 2 nitrogen and oxygen atoms in total. The van der Waals surface area contributed by atoms with Gasteiger partial charge in [0.2, 0.25) is 0 Å². The first kappa shape index (κ1) is 10.4. The van der Waals surface area contributed by atoms with Crippen LogP contribution in [0.3, 0.4) is 0 Å². The predicted octanol–water partition coefficient (Wildman–Crippen LogP) is 1.29. The van der Waals surface area contributed by atoms with Crippen LogP contribution >= 0.6 is 12.6 Å². The first-order chi connectivity index (χ1) is 5.54. The van der Waals surface area contributed by atoms with E-state index in [2.05, 4.69) is 43.2 Å². The maximum atomic E-state index is 4.56. The van der Waals surface area contributed by atoms with Crippen LogP contribution < -0.4 is 0 Å². The fourth-order valence-corrected chi connectivity index (χ4v) is 1.81. The summed E-state index contributed by atoms with van der Waals surface area (Å²) in [6, 6.07) is 0. The van der Waals surface area contributed by atoms with Crippen molar-refractivity contribution in [2.45, 2.75) is 25.6 Å². The molecule has 0 bridgehead atoms. The van der Waals surface area contributed by atoms with Crippen molar-refractivity contribution in [1.82, 2.24) is 9.80 Å². The molecular formula is C9H20N2S. The summed E-state index contributed by atoms with van der Waals surface area (Å²) in [5.74, 6) is 0. The van der Waals surface area contributed by atoms with Crippen molar-refractivity contribution < 1.29 is 0 Å². The van der Waals surface area contributed by atoms with Crippen molar-refractivity contribution >= 4 is 12.6 Å². The lowest BCUT2D eigenvalue weighted by Crippen LogP contribution is -2.52. The van der Waals surface area contributed by atoms with E-state index in [4.69, 9.17) is 0 Å². The molecular weight excluding hydrogens is 168 g/mol. The molecule has 1 saturated heterocycles. The van der Waals surface area contributed by atoms with Gasteiger partial charge in [-0.05, 0) is 20.4 Å². The molecule has 72 valence electrons. The minimum Gasteiger partial charge on any atom is -0.301 e. The Morgan fingerprint density at radius 1 is 1.17 bits per heavy atom. The average molecular weight is 188 g/mol. The maximum Gasteiger partial charge on any atom is 0.0584 e. The maximum absolute atomic E-state index is 4.56. The van der Waals surface area contributed by atoms with E-state index in [9.17, 15) is 0 Å². The van der Waals surface area contributed by atoms with Crippen LogP contribution in [0.4, 0.5) is 0 Å². The van der Waals surface area contributed by atoms with Gasteiger partial charge in [0.15, 0.2) is 0 Å². The molecule has 0 radical (unpaired) electrons. The third-order valence-electron chi connectivity index (χ3n) is 2.59. The first-order valence-corrected chi connectivity index (χ1v) is 5.18. The highest BCUT2D eigenvalue weighted by atomic mass is 32.1. The van der Waals surface area contributed by atoms with Crippen LogP contribution in [0.5, 0.6) is 0 Å². The number of hydrogen-bond donors (Lipinski definition) is 1. The lowest BCUT2D eigenvalue weighted by Gasteiger charge is -2.41. The monoisotopic (exact) mass is 188 g/mol. The molecule has 0 aliphatic carbocycles. The number of piperazine rings is 1. The summed E-state index contributed by atoms with van der Waals surface area (Å²) in [5, 5.41) is 0. The second-order valence-electron chi connectivity index (χ2n) is 3.92. The third-order valence-corrected chi connectivity index (χ3v) is 2.88. The molecule has 1 fully saturated rings. The largest absolute Gasteiger partial charge is 0.301 e. The molecule has 12 heavy (non-hydrogen) atoms. The van der Waals surface area contributed by atoms with Crippen LogP contribution in [0.2, 0.25) is 0 Å². The molecule has 0 unspecified atom stereocenters. The van der Waals surface area contributed by atoms with E-state index in [1.165, 1.54) is 19.6 Å². The van der Waals surface area contributed by atoms with Crippen LogP contribution in [-0.4, -0.2) is 47.4 Å². The predicted molar refractivity (Wildman–Crippen MR) is 56.8 cm³/mol. The normalized spacial score (nSPS) is 23.0. The molecule has 0 spiro atoms. The van der Waals surface area contributed by atoms with E-state index in [1.54, 1.807) is 0 Å². The van der Waals surface area contributed by atoms with Gasteiger partial charge in [0, 0.05) is 26.2 Å². The van der Waals surface area contributed by atoms with Crippen LogP contribution in [0.15, 0.2) is 0 Å². The van der Waals surface area contributed by atoms with Crippen LogP contribution in [-0.2, 0) is 0 Å². The van der Waals surface area contributed by atoms with Gasteiger partial charge in [-0.25, -0.2) is 0 Å². The van der Waals surface area contributed by atoms with Crippen LogP contribution in [0, 0.1) is 0 Å². The minimum absolute atomic E-state index is 0.0554. The molecule has 0 atom stereocenters. The van der Waals surface area contributed by atoms with Crippen molar-refractivity contribution in [2.24, 2.45) is 0 Å². The quantitative estimate of drug-likeness (QED) is 0.652. The first-order valence-electron chi connectivity index (χ1n) is 4.74. The summed E-state index contributed by atoms with van der Waals surface area (Å²) in [6.07, 6.45) is 0. The highest BCUT2D eigenvalue weighted by Gasteiger charge is 2.25. The molecule has 1 rings (SSSR count). The number of rotatable bonds is 2. The zero-order valence-electron chi connectivity index (χ0n) is 8.38. The van der Waals surface area contributed by atoms with Crippen molar-refractivity contribution in [3.05, 3.63) is 0 Å².